The third kappa shape index (κ3) is 4.65. The molecule has 8 aliphatic carbocycles. The smallest absolute Gasteiger partial charge is 0.163 e. The van der Waals surface area contributed by atoms with Crippen molar-refractivity contribution in [3.8, 4) is 22.5 Å². The first-order valence-electron chi connectivity index (χ1n) is 20.9. The molecule has 5 atom stereocenters. The minimum absolute atomic E-state index is 0.111. The van der Waals surface area contributed by atoms with Crippen LogP contribution in [0.3, 0.4) is 0 Å². The normalized spacial score (nSPS) is 27.5. The van der Waals surface area contributed by atoms with E-state index in [1.54, 1.807) is 11.1 Å². The van der Waals surface area contributed by atoms with E-state index in [1.807, 2.05) is 0 Å². The Morgan fingerprint density at radius 1 is 0.709 bits per heavy atom. The molecule has 1 aromatic heterocycles. The Balaban J connectivity index is 1.02. The molecule has 1 spiro atoms. The first kappa shape index (κ1) is 31.9. The lowest BCUT2D eigenvalue weighted by atomic mass is 9.63. The summed E-state index contributed by atoms with van der Waals surface area (Å²) in [5.41, 5.74) is 18.2. The highest BCUT2D eigenvalue weighted by Crippen LogP contribution is 2.68. The van der Waals surface area contributed by atoms with Gasteiger partial charge in [0.25, 0.3) is 0 Å². The third-order valence-corrected chi connectivity index (χ3v) is 14.3. The molecule has 12 rings (SSSR count). The van der Waals surface area contributed by atoms with Gasteiger partial charge in [-0.05, 0) is 142 Å². The fourth-order valence-electron chi connectivity index (χ4n) is 12.0. The predicted octanol–water partition coefficient (Wildman–Crippen LogP) is 12.4. The quantitative estimate of drug-likeness (QED) is 0.212. The standard InChI is InChI=1S/C52H45N3/c1-2-13-34(14-3-1)49-53-50(35-23-22-33-25-27-38-37-15-5-4-12-32(37)24-28-39(38)44(33)30-35)55-51(54-49)36-26-29-43-42-18-8-11-21-47(42)52(48(43)31-36)45-19-9-6-16-40(45)41-17-7-10-20-46(41)52/h1-5,8,11-13,16,18-19,21,24-31,34,37,41,46H,6-7,9-10,14-15,17,20,22-23H2. The van der Waals surface area contributed by atoms with Gasteiger partial charge in [-0.2, -0.15) is 0 Å². The maximum Gasteiger partial charge on any atom is 0.163 e. The Kier molecular flexibility index (Phi) is 7.13. The third-order valence-electron chi connectivity index (χ3n) is 14.3. The van der Waals surface area contributed by atoms with E-state index in [-0.39, 0.29) is 11.3 Å². The van der Waals surface area contributed by atoms with Crippen molar-refractivity contribution in [3.63, 3.8) is 0 Å². The number of aromatic nitrogens is 3. The Morgan fingerprint density at radius 3 is 2.56 bits per heavy atom. The van der Waals surface area contributed by atoms with E-state index in [0.717, 1.165) is 55.1 Å². The summed E-state index contributed by atoms with van der Waals surface area (Å²) in [5, 5.41) is 0. The van der Waals surface area contributed by atoms with Crippen LogP contribution in [0.4, 0.5) is 0 Å². The van der Waals surface area contributed by atoms with E-state index in [1.165, 1.54) is 87.8 Å². The van der Waals surface area contributed by atoms with Crippen LogP contribution in [0, 0.1) is 11.8 Å². The second-order valence-electron chi connectivity index (χ2n) is 17.0. The van der Waals surface area contributed by atoms with Crippen molar-refractivity contribution in [3.05, 3.63) is 177 Å². The summed E-state index contributed by atoms with van der Waals surface area (Å²) in [4.78, 5) is 16.1. The lowest BCUT2D eigenvalue weighted by Crippen LogP contribution is -2.35. The highest BCUT2D eigenvalue weighted by atomic mass is 15.0. The Labute approximate surface area is 324 Å². The largest absolute Gasteiger partial charge is 0.213 e. The van der Waals surface area contributed by atoms with Crippen LogP contribution < -0.4 is 0 Å². The average Bonchev–Trinajstić information content (AvgIpc) is 3.73. The van der Waals surface area contributed by atoms with Crippen LogP contribution in [0.25, 0.3) is 40.2 Å². The minimum Gasteiger partial charge on any atom is -0.213 e. The Hall–Kier alpha value is -5.41. The zero-order valence-corrected chi connectivity index (χ0v) is 31.3. The minimum atomic E-state index is -0.111. The molecule has 0 saturated heterocycles. The molecule has 3 nitrogen and oxygen atoms in total. The molecule has 5 unspecified atom stereocenters. The molecule has 268 valence electrons. The summed E-state index contributed by atoms with van der Waals surface area (Å²) in [6.45, 7) is 0. The van der Waals surface area contributed by atoms with Gasteiger partial charge in [0.15, 0.2) is 11.6 Å². The van der Waals surface area contributed by atoms with Gasteiger partial charge >= 0.3 is 0 Å². The van der Waals surface area contributed by atoms with Gasteiger partial charge in [0.05, 0.1) is 0 Å². The molecule has 3 aromatic carbocycles. The second-order valence-corrected chi connectivity index (χ2v) is 17.0. The van der Waals surface area contributed by atoms with Crippen molar-refractivity contribution < 1.29 is 0 Å². The van der Waals surface area contributed by atoms with Gasteiger partial charge in [0.2, 0.25) is 0 Å². The first-order valence-corrected chi connectivity index (χ1v) is 20.9. The SMILES string of the molecule is C1=CCC(c2nc(C3=Cc4c(ccc5c4C=CC4=CC=CCC45)CC3)nc(-c3ccc4c(c3)C3(C5=CCCC=C5C5CCCCC53)c3ccccc3-4)n2)C=C1. The number of fused-ring (bicyclic) bond motifs is 15. The van der Waals surface area contributed by atoms with E-state index in [0.29, 0.717) is 17.8 Å². The zero-order valence-electron chi connectivity index (χ0n) is 31.3. The van der Waals surface area contributed by atoms with Crippen LogP contribution in [0.5, 0.6) is 0 Å². The topological polar surface area (TPSA) is 38.7 Å². The molecule has 0 N–H and O–H groups in total. The molecule has 2 saturated carbocycles. The van der Waals surface area contributed by atoms with E-state index in [4.69, 9.17) is 15.0 Å². The lowest BCUT2D eigenvalue weighted by Gasteiger charge is -2.39. The number of nitrogens with zero attached hydrogens (tertiary/aromatic N) is 3. The van der Waals surface area contributed by atoms with Gasteiger partial charge in [-0.1, -0.05) is 128 Å². The summed E-state index contributed by atoms with van der Waals surface area (Å²) in [7, 11) is 0. The van der Waals surface area contributed by atoms with Crippen LogP contribution in [0.1, 0.15) is 115 Å². The number of hydrogen-bond acceptors (Lipinski definition) is 3. The number of hydrogen-bond donors (Lipinski definition) is 0. The van der Waals surface area contributed by atoms with Gasteiger partial charge in [0.1, 0.15) is 5.82 Å². The fraction of sp³-hybridized carbons (Fsp3) is 0.288. The Morgan fingerprint density at radius 2 is 1.60 bits per heavy atom. The predicted molar refractivity (Wildman–Crippen MR) is 224 cm³/mol. The summed E-state index contributed by atoms with van der Waals surface area (Å²) >= 11 is 0. The number of allylic oxidation sites excluding steroid dienone is 14. The molecule has 0 aliphatic heterocycles. The molecule has 0 bridgehead atoms. The van der Waals surface area contributed by atoms with Crippen molar-refractivity contribution in [2.24, 2.45) is 11.8 Å². The fourth-order valence-corrected chi connectivity index (χ4v) is 12.0. The van der Waals surface area contributed by atoms with Crippen molar-refractivity contribution in [2.45, 2.75) is 81.5 Å². The zero-order chi connectivity index (χ0) is 36.1. The van der Waals surface area contributed by atoms with Crippen molar-refractivity contribution in [2.75, 3.05) is 0 Å². The molecule has 4 aromatic rings. The highest BCUT2D eigenvalue weighted by Gasteiger charge is 2.60. The van der Waals surface area contributed by atoms with Gasteiger partial charge in [-0.25, -0.2) is 15.0 Å². The number of aryl methyl sites for hydroxylation is 1. The first-order chi connectivity index (χ1) is 27.3. The van der Waals surface area contributed by atoms with Crippen molar-refractivity contribution in [1.29, 1.82) is 0 Å². The van der Waals surface area contributed by atoms with Crippen LogP contribution in [-0.2, 0) is 11.8 Å². The maximum absolute atomic E-state index is 5.43. The van der Waals surface area contributed by atoms with E-state index < -0.39 is 0 Å². The molecule has 55 heavy (non-hydrogen) atoms. The van der Waals surface area contributed by atoms with Crippen molar-refractivity contribution >= 4 is 17.7 Å². The average molecular weight is 712 g/mol. The summed E-state index contributed by atoms with van der Waals surface area (Å²) < 4.78 is 0. The summed E-state index contributed by atoms with van der Waals surface area (Å²) in [5.74, 6) is 4.30. The number of benzene rings is 3. The second kappa shape index (κ2) is 12.3. The molecular weight excluding hydrogens is 667 g/mol. The molecular formula is C52H45N3. The molecule has 0 radical (unpaired) electrons. The van der Waals surface area contributed by atoms with Crippen LogP contribution in [0.2, 0.25) is 0 Å². The summed E-state index contributed by atoms with van der Waals surface area (Å²) in [6, 6.07) is 21.3. The Bertz CT molecular complexity index is 2580. The van der Waals surface area contributed by atoms with E-state index in [9.17, 15) is 0 Å². The molecule has 1 heterocycles. The monoisotopic (exact) mass is 711 g/mol. The van der Waals surface area contributed by atoms with E-state index >= 15 is 0 Å². The number of rotatable bonds is 3. The van der Waals surface area contributed by atoms with Crippen molar-refractivity contribution in [1.82, 2.24) is 15.0 Å². The van der Waals surface area contributed by atoms with Crippen LogP contribution in [-0.4, -0.2) is 15.0 Å². The van der Waals surface area contributed by atoms with Gasteiger partial charge in [-0.15, -0.1) is 0 Å². The molecule has 0 amide bonds. The van der Waals surface area contributed by atoms with Gasteiger partial charge in [0, 0.05) is 22.8 Å². The van der Waals surface area contributed by atoms with Crippen LogP contribution in [0.15, 0.2) is 132 Å². The summed E-state index contributed by atoms with van der Waals surface area (Å²) in [6.07, 6.45) is 39.3. The van der Waals surface area contributed by atoms with E-state index in [2.05, 4.69) is 128 Å². The molecule has 8 aliphatic rings. The maximum atomic E-state index is 5.43. The van der Waals surface area contributed by atoms with Gasteiger partial charge < -0.3 is 0 Å². The molecule has 3 heteroatoms. The highest BCUT2D eigenvalue weighted by molar-refractivity contribution is 5.89. The molecule has 2 fully saturated rings. The lowest BCUT2D eigenvalue weighted by molar-refractivity contribution is 0.245. The van der Waals surface area contributed by atoms with Gasteiger partial charge in [-0.3, -0.25) is 0 Å². The van der Waals surface area contributed by atoms with Crippen LogP contribution >= 0.6 is 0 Å².